The normalized spacial score (nSPS) is 16.8. The van der Waals surface area contributed by atoms with Crippen LogP contribution in [0.15, 0.2) is 42.7 Å². The number of pyridine rings is 2. The molecule has 0 radical (unpaired) electrons. The molecule has 0 saturated carbocycles. The molecule has 3 rings (SSSR count). The number of carbonyl (C=O) groups excluding carboxylic acids is 2. The van der Waals surface area contributed by atoms with E-state index in [-0.39, 0.29) is 24.2 Å². The van der Waals surface area contributed by atoms with Crippen molar-refractivity contribution in [1.82, 2.24) is 20.2 Å². The Balaban J connectivity index is 1.55. The van der Waals surface area contributed by atoms with Crippen LogP contribution in [0.25, 0.3) is 0 Å². The molecule has 2 aromatic rings. The van der Waals surface area contributed by atoms with Crippen molar-refractivity contribution in [3.8, 4) is 5.88 Å². The van der Waals surface area contributed by atoms with Crippen LogP contribution in [-0.4, -0.2) is 40.3 Å². The summed E-state index contributed by atoms with van der Waals surface area (Å²) in [4.78, 5) is 34.6. The Kier molecular flexibility index (Phi) is 5.23. The van der Waals surface area contributed by atoms with Gasteiger partial charge in [0.2, 0.25) is 17.7 Å². The molecule has 7 nitrogen and oxygen atoms in total. The summed E-state index contributed by atoms with van der Waals surface area (Å²) in [6.45, 7) is 1.16. The predicted octanol–water partition coefficient (Wildman–Crippen LogP) is 1.15. The summed E-state index contributed by atoms with van der Waals surface area (Å²) in [6, 6.07) is 9.22. The Bertz CT molecular complexity index is 751. The summed E-state index contributed by atoms with van der Waals surface area (Å²) in [5.74, 6) is -0.0199. The topological polar surface area (TPSA) is 84.4 Å². The first-order valence-corrected chi connectivity index (χ1v) is 8.10. The van der Waals surface area contributed by atoms with E-state index in [1.807, 2.05) is 24.3 Å². The van der Waals surface area contributed by atoms with Gasteiger partial charge in [0.05, 0.1) is 25.3 Å². The van der Waals surface area contributed by atoms with Crippen LogP contribution in [0.4, 0.5) is 0 Å². The van der Waals surface area contributed by atoms with Gasteiger partial charge in [-0.2, -0.15) is 0 Å². The number of carbonyl (C=O) groups is 2. The Morgan fingerprint density at radius 1 is 1.28 bits per heavy atom. The molecule has 7 heteroatoms. The number of hydrogen-bond acceptors (Lipinski definition) is 5. The lowest BCUT2D eigenvalue weighted by atomic mass is 10.1. The molecular formula is C18H20N4O3. The van der Waals surface area contributed by atoms with Gasteiger partial charge in [0, 0.05) is 37.5 Å². The molecule has 1 N–H and O–H groups in total. The Hall–Kier alpha value is -2.96. The number of amides is 2. The number of aromatic nitrogens is 2. The standard InChI is InChI=1S/C18H20N4O3/c1-25-18-13(5-4-8-20-18)10-21-17(24)14-9-16(23)22(11-14)12-15-6-2-3-7-19-15/h2-8,14H,9-12H2,1H3,(H,21,24)/t14-/m0/s1. The van der Waals surface area contributed by atoms with Crippen molar-refractivity contribution >= 4 is 11.8 Å². The molecule has 2 amide bonds. The van der Waals surface area contributed by atoms with Crippen molar-refractivity contribution < 1.29 is 14.3 Å². The van der Waals surface area contributed by atoms with Crippen LogP contribution in [0.2, 0.25) is 0 Å². The summed E-state index contributed by atoms with van der Waals surface area (Å²) in [5.41, 5.74) is 1.62. The van der Waals surface area contributed by atoms with Crippen LogP contribution < -0.4 is 10.1 Å². The first-order valence-electron chi connectivity index (χ1n) is 8.10. The molecule has 1 atom stereocenters. The smallest absolute Gasteiger partial charge is 0.225 e. The number of hydrogen-bond donors (Lipinski definition) is 1. The first-order chi connectivity index (χ1) is 12.2. The van der Waals surface area contributed by atoms with Gasteiger partial charge >= 0.3 is 0 Å². The van der Waals surface area contributed by atoms with E-state index in [2.05, 4.69) is 15.3 Å². The highest BCUT2D eigenvalue weighted by Crippen LogP contribution is 2.20. The van der Waals surface area contributed by atoms with Gasteiger partial charge in [0.1, 0.15) is 0 Å². The lowest BCUT2D eigenvalue weighted by molar-refractivity contribution is -0.129. The molecule has 1 aliphatic heterocycles. The molecule has 0 spiro atoms. The van der Waals surface area contributed by atoms with Crippen LogP contribution in [0, 0.1) is 5.92 Å². The maximum absolute atomic E-state index is 12.4. The molecule has 0 aliphatic carbocycles. The highest BCUT2D eigenvalue weighted by atomic mass is 16.5. The first kappa shape index (κ1) is 16.9. The molecule has 25 heavy (non-hydrogen) atoms. The lowest BCUT2D eigenvalue weighted by Crippen LogP contribution is -2.32. The number of nitrogens with one attached hydrogen (secondary N) is 1. The van der Waals surface area contributed by atoms with E-state index in [1.54, 1.807) is 30.5 Å². The molecule has 1 aliphatic rings. The van der Waals surface area contributed by atoms with Crippen molar-refractivity contribution in [2.45, 2.75) is 19.5 Å². The van der Waals surface area contributed by atoms with E-state index < -0.39 is 0 Å². The molecular weight excluding hydrogens is 320 g/mol. The summed E-state index contributed by atoms with van der Waals surface area (Å²) in [6.07, 6.45) is 3.56. The fraction of sp³-hybridized carbons (Fsp3) is 0.333. The SMILES string of the molecule is COc1ncccc1CNC(=O)[C@H]1CC(=O)N(Cc2ccccn2)C1. The maximum atomic E-state index is 12.4. The van der Waals surface area contributed by atoms with Crippen molar-refractivity contribution in [2.24, 2.45) is 5.92 Å². The van der Waals surface area contributed by atoms with Gasteiger partial charge in [0.25, 0.3) is 0 Å². The van der Waals surface area contributed by atoms with Crippen molar-refractivity contribution in [1.29, 1.82) is 0 Å². The highest BCUT2D eigenvalue weighted by Gasteiger charge is 2.34. The van der Waals surface area contributed by atoms with Crippen LogP contribution >= 0.6 is 0 Å². The van der Waals surface area contributed by atoms with Gasteiger partial charge in [-0.1, -0.05) is 12.1 Å². The summed E-state index contributed by atoms with van der Waals surface area (Å²) >= 11 is 0. The van der Waals surface area contributed by atoms with Crippen molar-refractivity contribution in [3.63, 3.8) is 0 Å². The zero-order valence-electron chi connectivity index (χ0n) is 14.0. The van der Waals surface area contributed by atoms with Crippen LogP contribution in [0.1, 0.15) is 17.7 Å². The second kappa shape index (κ2) is 7.74. The van der Waals surface area contributed by atoms with E-state index in [9.17, 15) is 9.59 Å². The number of ether oxygens (including phenoxy) is 1. The van der Waals surface area contributed by atoms with Gasteiger partial charge in [-0.15, -0.1) is 0 Å². The zero-order valence-corrected chi connectivity index (χ0v) is 14.0. The molecule has 130 valence electrons. The average Bonchev–Trinajstić information content (AvgIpc) is 3.01. The number of likely N-dealkylation sites (tertiary alicyclic amines) is 1. The minimum atomic E-state index is -0.348. The molecule has 3 heterocycles. The Labute approximate surface area is 146 Å². The predicted molar refractivity (Wildman–Crippen MR) is 90.4 cm³/mol. The van der Waals surface area contributed by atoms with Gasteiger partial charge in [-0.3, -0.25) is 14.6 Å². The minimum absolute atomic E-state index is 0.0234. The quantitative estimate of drug-likeness (QED) is 0.853. The summed E-state index contributed by atoms with van der Waals surface area (Å²) in [7, 11) is 1.54. The van der Waals surface area contributed by atoms with E-state index in [0.29, 0.717) is 25.5 Å². The van der Waals surface area contributed by atoms with Gasteiger partial charge in [-0.25, -0.2) is 4.98 Å². The van der Waals surface area contributed by atoms with E-state index in [0.717, 1.165) is 11.3 Å². The second-order valence-electron chi connectivity index (χ2n) is 5.89. The Morgan fingerprint density at radius 2 is 2.12 bits per heavy atom. The maximum Gasteiger partial charge on any atom is 0.225 e. The van der Waals surface area contributed by atoms with Crippen LogP contribution in [0.3, 0.4) is 0 Å². The monoisotopic (exact) mass is 340 g/mol. The fourth-order valence-corrected chi connectivity index (χ4v) is 2.86. The largest absolute Gasteiger partial charge is 0.481 e. The van der Waals surface area contributed by atoms with E-state index in [4.69, 9.17) is 4.74 Å². The highest BCUT2D eigenvalue weighted by molar-refractivity contribution is 5.89. The molecule has 2 aromatic heterocycles. The number of nitrogens with zero attached hydrogens (tertiary/aromatic N) is 3. The third-order valence-electron chi connectivity index (χ3n) is 4.16. The van der Waals surface area contributed by atoms with Gasteiger partial charge < -0.3 is 15.0 Å². The zero-order chi connectivity index (χ0) is 17.6. The lowest BCUT2D eigenvalue weighted by Gasteiger charge is -2.16. The third-order valence-corrected chi connectivity index (χ3v) is 4.16. The number of rotatable bonds is 6. The van der Waals surface area contributed by atoms with E-state index >= 15 is 0 Å². The van der Waals surface area contributed by atoms with Gasteiger partial charge in [0.15, 0.2) is 0 Å². The summed E-state index contributed by atoms with van der Waals surface area (Å²) in [5, 5.41) is 2.87. The van der Waals surface area contributed by atoms with Crippen molar-refractivity contribution in [3.05, 3.63) is 54.0 Å². The Morgan fingerprint density at radius 3 is 2.88 bits per heavy atom. The molecule has 1 fully saturated rings. The fourth-order valence-electron chi connectivity index (χ4n) is 2.86. The van der Waals surface area contributed by atoms with Crippen LogP contribution in [0.5, 0.6) is 5.88 Å². The van der Waals surface area contributed by atoms with Gasteiger partial charge in [-0.05, 0) is 18.2 Å². The molecule has 0 bridgehead atoms. The molecule has 0 unspecified atom stereocenters. The third kappa shape index (κ3) is 4.12. The minimum Gasteiger partial charge on any atom is -0.481 e. The van der Waals surface area contributed by atoms with Crippen molar-refractivity contribution in [2.75, 3.05) is 13.7 Å². The summed E-state index contributed by atoms with van der Waals surface area (Å²) < 4.78 is 5.17. The number of methoxy groups -OCH3 is 1. The second-order valence-corrected chi connectivity index (χ2v) is 5.89. The van der Waals surface area contributed by atoms with Crippen LogP contribution in [-0.2, 0) is 22.7 Å². The van der Waals surface area contributed by atoms with E-state index in [1.165, 1.54) is 0 Å². The molecule has 1 saturated heterocycles. The average molecular weight is 340 g/mol. The molecule has 0 aromatic carbocycles.